The van der Waals surface area contributed by atoms with Gasteiger partial charge in [0.05, 0.1) is 13.2 Å². The summed E-state index contributed by atoms with van der Waals surface area (Å²) in [6, 6.07) is -0.936. The molecule has 0 aromatic heterocycles. The highest BCUT2D eigenvalue weighted by atomic mass is 16.7. The van der Waals surface area contributed by atoms with Gasteiger partial charge in [-0.25, -0.2) is 9.86 Å². The van der Waals surface area contributed by atoms with Crippen molar-refractivity contribution in [1.82, 2.24) is 5.06 Å². The molecule has 0 aliphatic rings. The van der Waals surface area contributed by atoms with Gasteiger partial charge in [0.2, 0.25) is 0 Å². The molecule has 0 radical (unpaired) electrons. The van der Waals surface area contributed by atoms with Crippen LogP contribution in [0.3, 0.4) is 0 Å². The number of hydrogen-bond acceptors (Lipinski definition) is 7. The Morgan fingerprint density at radius 2 is 2.00 bits per heavy atom. The summed E-state index contributed by atoms with van der Waals surface area (Å²) in [7, 11) is 0. The number of rotatable bonds is 8. The second kappa shape index (κ2) is 7.37. The zero-order valence-electron chi connectivity index (χ0n) is 9.19. The average Bonchev–Trinajstić information content (AvgIpc) is 2.20. The molecule has 0 aromatic carbocycles. The lowest BCUT2D eigenvalue weighted by Crippen LogP contribution is -2.40. The van der Waals surface area contributed by atoms with E-state index >= 15 is 0 Å². The molecule has 9 heteroatoms. The Balaban J connectivity index is 3.95. The number of nitrogens with two attached hydrogens (primary N) is 1. The van der Waals surface area contributed by atoms with Crippen molar-refractivity contribution >= 4 is 6.03 Å². The lowest BCUT2D eigenvalue weighted by molar-refractivity contribution is -0.315. The highest BCUT2D eigenvalue weighted by Gasteiger charge is 2.19. The van der Waals surface area contributed by atoms with Crippen molar-refractivity contribution in [3.8, 4) is 0 Å². The van der Waals surface area contributed by atoms with Gasteiger partial charge in [0.25, 0.3) is 5.97 Å². The van der Waals surface area contributed by atoms with Crippen LogP contribution in [0.1, 0.15) is 12.8 Å². The smallest absolute Gasteiger partial charge is 0.338 e. The van der Waals surface area contributed by atoms with E-state index in [-0.39, 0.29) is 19.6 Å². The first-order valence-electron chi connectivity index (χ1n) is 4.92. The summed E-state index contributed by atoms with van der Waals surface area (Å²) in [4.78, 5) is 15.6. The maximum absolute atomic E-state index is 10.8. The number of urea groups is 1. The van der Waals surface area contributed by atoms with Gasteiger partial charge in [0, 0.05) is 6.42 Å². The summed E-state index contributed by atoms with van der Waals surface area (Å²) >= 11 is 0. The molecule has 0 aliphatic carbocycles. The number of nitrogens with zero attached hydrogens (tertiary/aromatic N) is 1. The third kappa shape index (κ3) is 8.80. The quantitative estimate of drug-likeness (QED) is 0.200. The van der Waals surface area contributed by atoms with Crippen molar-refractivity contribution in [1.29, 1.82) is 0 Å². The molecule has 0 fully saturated rings. The normalized spacial score (nSPS) is 13.5. The Kier molecular flexibility index (Phi) is 6.95. The van der Waals surface area contributed by atoms with Crippen LogP contribution in [-0.4, -0.2) is 68.5 Å². The minimum atomic E-state index is -2.81. The van der Waals surface area contributed by atoms with E-state index < -0.39 is 31.1 Å². The van der Waals surface area contributed by atoms with Crippen molar-refractivity contribution in [2.75, 3.05) is 19.8 Å². The molecule has 1 atom stereocenters. The van der Waals surface area contributed by atoms with E-state index in [2.05, 4.69) is 0 Å². The minimum Gasteiger partial charge on any atom is -0.394 e. The standard InChI is InChI=1S/C8H18N2O7/c9-7(13)10(17-5-6(12)4-11)3-1-2-8(14,15)16/h6,11-12,14-16H,1-5H2,(H2,9,13). The van der Waals surface area contributed by atoms with Gasteiger partial charge >= 0.3 is 6.03 Å². The molecule has 9 nitrogen and oxygen atoms in total. The molecular formula is C8H18N2O7. The SMILES string of the molecule is NC(=O)N(CCCC(O)(O)O)OCC(O)CO. The fourth-order valence-electron chi connectivity index (χ4n) is 0.927. The number of carbonyl (C=O) groups is 1. The minimum absolute atomic E-state index is 0.0155. The number of aliphatic hydroxyl groups is 5. The van der Waals surface area contributed by atoms with E-state index in [1.165, 1.54) is 0 Å². The van der Waals surface area contributed by atoms with E-state index in [9.17, 15) is 4.79 Å². The summed E-state index contributed by atoms with van der Waals surface area (Å²) < 4.78 is 0. The van der Waals surface area contributed by atoms with Crippen LogP contribution in [0.25, 0.3) is 0 Å². The number of hydroxylamine groups is 2. The maximum Gasteiger partial charge on any atom is 0.338 e. The fourth-order valence-corrected chi connectivity index (χ4v) is 0.927. The van der Waals surface area contributed by atoms with Crippen molar-refractivity contribution in [2.24, 2.45) is 5.73 Å². The molecule has 0 heterocycles. The first-order valence-corrected chi connectivity index (χ1v) is 4.92. The number of aliphatic hydroxyl groups excluding tert-OH is 2. The molecule has 0 aliphatic heterocycles. The van der Waals surface area contributed by atoms with Crippen molar-refractivity contribution < 1.29 is 35.2 Å². The zero-order chi connectivity index (χ0) is 13.5. The maximum atomic E-state index is 10.8. The summed E-state index contributed by atoms with van der Waals surface area (Å²) in [5, 5.41) is 43.9. The van der Waals surface area contributed by atoms with E-state index in [1.807, 2.05) is 0 Å². The predicted octanol–water partition coefficient (Wildman–Crippen LogP) is -2.94. The Morgan fingerprint density at radius 1 is 1.41 bits per heavy atom. The molecule has 7 N–H and O–H groups in total. The average molecular weight is 254 g/mol. The summed E-state index contributed by atoms with van der Waals surface area (Å²) in [6.07, 6.45) is -1.53. The molecule has 0 saturated heterocycles. The van der Waals surface area contributed by atoms with Crippen LogP contribution in [0.15, 0.2) is 0 Å². The van der Waals surface area contributed by atoms with Gasteiger partial charge in [0.15, 0.2) is 0 Å². The van der Waals surface area contributed by atoms with Crippen LogP contribution in [0.4, 0.5) is 4.79 Å². The highest BCUT2D eigenvalue weighted by molar-refractivity contribution is 5.70. The van der Waals surface area contributed by atoms with Crippen LogP contribution in [0, 0.1) is 0 Å². The Bertz CT molecular complexity index is 230. The lowest BCUT2D eigenvalue weighted by atomic mass is 10.3. The number of hydrogen-bond donors (Lipinski definition) is 6. The Hall–Kier alpha value is -0.970. The van der Waals surface area contributed by atoms with Gasteiger partial charge in [-0.05, 0) is 6.42 Å². The first kappa shape index (κ1) is 16.0. The van der Waals surface area contributed by atoms with E-state index in [1.54, 1.807) is 0 Å². The molecule has 0 aromatic rings. The molecular weight excluding hydrogens is 236 g/mol. The van der Waals surface area contributed by atoms with Crippen LogP contribution in [0.5, 0.6) is 0 Å². The van der Waals surface area contributed by atoms with Crippen LogP contribution < -0.4 is 5.73 Å². The summed E-state index contributed by atoms with van der Waals surface area (Å²) in [5.41, 5.74) is 4.94. The molecule has 0 bridgehead atoms. The van der Waals surface area contributed by atoms with Crippen molar-refractivity contribution in [2.45, 2.75) is 24.9 Å². The largest absolute Gasteiger partial charge is 0.394 e. The molecule has 0 saturated carbocycles. The van der Waals surface area contributed by atoms with Crippen LogP contribution >= 0.6 is 0 Å². The molecule has 102 valence electrons. The topological polar surface area (TPSA) is 157 Å². The molecule has 0 rings (SSSR count). The summed E-state index contributed by atoms with van der Waals surface area (Å²) in [5.74, 6) is -2.81. The highest BCUT2D eigenvalue weighted by Crippen LogP contribution is 2.06. The number of primary amides is 1. The van der Waals surface area contributed by atoms with Gasteiger partial charge in [-0.15, -0.1) is 0 Å². The monoisotopic (exact) mass is 254 g/mol. The van der Waals surface area contributed by atoms with Gasteiger partial charge in [0.1, 0.15) is 12.7 Å². The van der Waals surface area contributed by atoms with E-state index in [0.717, 1.165) is 0 Å². The van der Waals surface area contributed by atoms with Gasteiger partial charge in [-0.2, -0.15) is 0 Å². The van der Waals surface area contributed by atoms with E-state index in [4.69, 9.17) is 36.1 Å². The fraction of sp³-hybridized carbons (Fsp3) is 0.875. The van der Waals surface area contributed by atoms with Crippen LogP contribution in [-0.2, 0) is 4.84 Å². The number of carbonyl (C=O) groups excluding carboxylic acids is 1. The Morgan fingerprint density at radius 3 is 2.41 bits per heavy atom. The number of amides is 2. The van der Waals surface area contributed by atoms with Crippen molar-refractivity contribution in [3.05, 3.63) is 0 Å². The molecule has 17 heavy (non-hydrogen) atoms. The zero-order valence-corrected chi connectivity index (χ0v) is 9.19. The molecule has 1 unspecified atom stereocenters. The van der Waals surface area contributed by atoms with Gasteiger partial charge in [-0.1, -0.05) is 0 Å². The predicted molar refractivity (Wildman–Crippen MR) is 54.0 cm³/mol. The Labute approximate surface area is 97.6 Å². The second-order valence-electron chi connectivity index (χ2n) is 3.45. The second-order valence-corrected chi connectivity index (χ2v) is 3.45. The first-order chi connectivity index (χ1) is 7.76. The lowest BCUT2D eigenvalue weighted by Gasteiger charge is -2.22. The molecule has 2 amide bonds. The van der Waals surface area contributed by atoms with Crippen LogP contribution in [0.2, 0.25) is 0 Å². The third-order valence-electron chi connectivity index (χ3n) is 1.75. The van der Waals surface area contributed by atoms with Gasteiger partial charge < -0.3 is 31.3 Å². The third-order valence-corrected chi connectivity index (χ3v) is 1.75. The van der Waals surface area contributed by atoms with Crippen molar-refractivity contribution in [3.63, 3.8) is 0 Å². The molecule has 0 spiro atoms. The summed E-state index contributed by atoms with van der Waals surface area (Å²) in [6.45, 7) is -0.960. The van der Waals surface area contributed by atoms with Gasteiger partial charge in [-0.3, -0.25) is 4.84 Å². The van der Waals surface area contributed by atoms with E-state index in [0.29, 0.717) is 5.06 Å².